The number of aliphatic hydroxyl groups excluding tert-OH is 1. The van der Waals surface area contributed by atoms with Crippen molar-refractivity contribution < 1.29 is 5.11 Å². The van der Waals surface area contributed by atoms with Gasteiger partial charge in [0.25, 0.3) is 0 Å². The molecule has 0 saturated heterocycles. The highest BCUT2D eigenvalue weighted by molar-refractivity contribution is 5.26. The van der Waals surface area contributed by atoms with Gasteiger partial charge in [0.1, 0.15) is 0 Å². The van der Waals surface area contributed by atoms with Crippen LogP contribution in [0.4, 0.5) is 0 Å². The van der Waals surface area contributed by atoms with Crippen LogP contribution in [0.1, 0.15) is 50.3 Å². The highest BCUT2D eigenvalue weighted by Gasteiger charge is 2.09. The molecule has 16 heavy (non-hydrogen) atoms. The first-order chi connectivity index (χ1) is 7.69. The number of nitrogens with one attached hydrogen (secondary N) is 1. The van der Waals surface area contributed by atoms with Gasteiger partial charge >= 0.3 is 0 Å². The molecule has 0 saturated carbocycles. The van der Waals surface area contributed by atoms with Crippen LogP contribution in [0.5, 0.6) is 0 Å². The fourth-order valence-corrected chi connectivity index (χ4v) is 1.72. The van der Waals surface area contributed by atoms with E-state index in [4.69, 9.17) is 0 Å². The Bertz CT molecular complexity index is 292. The lowest BCUT2D eigenvalue weighted by Gasteiger charge is -2.17. The summed E-state index contributed by atoms with van der Waals surface area (Å²) in [6, 6.07) is 8.59. The molecule has 1 unspecified atom stereocenters. The van der Waals surface area contributed by atoms with Crippen molar-refractivity contribution >= 4 is 0 Å². The summed E-state index contributed by atoms with van der Waals surface area (Å²) < 4.78 is 0. The molecule has 1 aromatic rings. The van der Waals surface area contributed by atoms with E-state index in [0.717, 1.165) is 13.0 Å². The summed E-state index contributed by atoms with van der Waals surface area (Å²) in [6.07, 6.45) is 1.08. The molecule has 2 heteroatoms. The summed E-state index contributed by atoms with van der Waals surface area (Å²) in [5.41, 5.74) is 2.51. The summed E-state index contributed by atoms with van der Waals surface area (Å²) in [4.78, 5) is 0. The van der Waals surface area contributed by atoms with Crippen LogP contribution in [0, 0.1) is 0 Å². The van der Waals surface area contributed by atoms with Gasteiger partial charge in [-0.3, -0.25) is 0 Å². The van der Waals surface area contributed by atoms with Crippen LogP contribution in [-0.4, -0.2) is 18.3 Å². The second-order valence-electron chi connectivity index (χ2n) is 4.51. The fraction of sp³-hybridized carbons (Fsp3) is 0.571. The van der Waals surface area contributed by atoms with Crippen molar-refractivity contribution in [2.45, 2.75) is 39.2 Å². The molecule has 1 atom stereocenters. The van der Waals surface area contributed by atoms with Crippen molar-refractivity contribution in [1.29, 1.82) is 0 Å². The molecule has 0 aliphatic heterocycles. The lowest BCUT2D eigenvalue weighted by Crippen LogP contribution is -2.25. The maximum atomic E-state index is 9.32. The van der Waals surface area contributed by atoms with Crippen LogP contribution in [-0.2, 0) is 0 Å². The fourth-order valence-electron chi connectivity index (χ4n) is 1.72. The van der Waals surface area contributed by atoms with E-state index in [2.05, 4.69) is 50.4 Å². The molecule has 2 N–H and O–H groups in total. The normalized spacial score (nSPS) is 13.1. The van der Waals surface area contributed by atoms with Crippen molar-refractivity contribution in [2.24, 2.45) is 0 Å². The van der Waals surface area contributed by atoms with E-state index in [0.29, 0.717) is 5.92 Å². The van der Waals surface area contributed by atoms with Crippen molar-refractivity contribution in [3.63, 3.8) is 0 Å². The van der Waals surface area contributed by atoms with Crippen LogP contribution in [0.25, 0.3) is 0 Å². The maximum Gasteiger partial charge on any atom is 0.0626 e. The highest BCUT2D eigenvalue weighted by atomic mass is 16.3. The number of hydrogen-bond acceptors (Lipinski definition) is 2. The Labute approximate surface area is 98.7 Å². The zero-order valence-corrected chi connectivity index (χ0v) is 10.5. The third kappa shape index (κ3) is 3.62. The smallest absolute Gasteiger partial charge is 0.0626 e. The Kier molecular flexibility index (Phi) is 5.50. The summed E-state index contributed by atoms with van der Waals surface area (Å²) in [5, 5.41) is 12.7. The summed E-state index contributed by atoms with van der Waals surface area (Å²) in [6.45, 7) is 7.60. The topological polar surface area (TPSA) is 32.3 Å². The molecule has 0 spiro atoms. The molecule has 1 rings (SSSR count). The lowest BCUT2D eigenvalue weighted by atomic mass is 9.99. The molecule has 0 aliphatic rings. The van der Waals surface area contributed by atoms with Crippen molar-refractivity contribution in [2.75, 3.05) is 13.2 Å². The predicted molar refractivity (Wildman–Crippen MR) is 68.7 cm³/mol. The van der Waals surface area contributed by atoms with Crippen molar-refractivity contribution in [3.05, 3.63) is 35.4 Å². The van der Waals surface area contributed by atoms with Gasteiger partial charge in [-0.2, -0.15) is 0 Å². The first kappa shape index (κ1) is 13.2. The van der Waals surface area contributed by atoms with Gasteiger partial charge in [0.15, 0.2) is 0 Å². The van der Waals surface area contributed by atoms with E-state index in [1.807, 2.05) is 0 Å². The Morgan fingerprint density at radius 1 is 1.12 bits per heavy atom. The average molecular weight is 221 g/mol. The second-order valence-corrected chi connectivity index (χ2v) is 4.51. The Balaban J connectivity index is 2.70. The van der Waals surface area contributed by atoms with E-state index >= 15 is 0 Å². The van der Waals surface area contributed by atoms with Crippen LogP contribution < -0.4 is 5.32 Å². The molecule has 0 heterocycles. The first-order valence-electron chi connectivity index (χ1n) is 6.13. The molecule has 2 nitrogen and oxygen atoms in total. The minimum atomic E-state index is 0.0705. The van der Waals surface area contributed by atoms with E-state index in [1.54, 1.807) is 0 Å². The largest absolute Gasteiger partial charge is 0.394 e. The van der Waals surface area contributed by atoms with Gasteiger partial charge in [0.05, 0.1) is 12.6 Å². The lowest BCUT2D eigenvalue weighted by molar-refractivity contribution is 0.245. The number of hydrogen-bond donors (Lipinski definition) is 2. The van der Waals surface area contributed by atoms with Gasteiger partial charge in [-0.15, -0.1) is 0 Å². The molecule has 0 aromatic heterocycles. The van der Waals surface area contributed by atoms with Crippen LogP contribution in [0.15, 0.2) is 24.3 Å². The standard InChI is InChI=1S/C14H23NO/c1-4-9-15-14(10-16)13-7-5-12(6-8-13)11(2)3/h5-8,11,14-16H,4,9-10H2,1-3H3. The van der Waals surface area contributed by atoms with E-state index < -0.39 is 0 Å². The second kappa shape index (κ2) is 6.66. The molecule has 0 aliphatic carbocycles. The number of rotatable bonds is 6. The van der Waals surface area contributed by atoms with Gasteiger partial charge in [-0.25, -0.2) is 0 Å². The van der Waals surface area contributed by atoms with Crippen LogP contribution in [0.2, 0.25) is 0 Å². The highest BCUT2D eigenvalue weighted by Crippen LogP contribution is 2.18. The van der Waals surface area contributed by atoms with Gasteiger partial charge in [0.2, 0.25) is 0 Å². The first-order valence-corrected chi connectivity index (χ1v) is 6.13. The molecular weight excluding hydrogens is 198 g/mol. The minimum Gasteiger partial charge on any atom is -0.394 e. The molecule has 0 radical (unpaired) electrons. The van der Waals surface area contributed by atoms with Gasteiger partial charge in [0, 0.05) is 0 Å². The minimum absolute atomic E-state index is 0.0705. The Morgan fingerprint density at radius 2 is 1.69 bits per heavy atom. The zero-order chi connectivity index (χ0) is 12.0. The summed E-state index contributed by atoms with van der Waals surface area (Å²) in [7, 11) is 0. The molecule has 0 fully saturated rings. The van der Waals surface area contributed by atoms with E-state index in [1.165, 1.54) is 11.1 Å². The average Bonchev–Trinajstić information content (AvgIpc) is 2.30. The predicted octanol–water partition coefficient (Wildman–Crippen LogP) is 2.84. The van der Waals surface area contributed by atoms with Crippen LogP contribution in [0.3, 0.4) is 0 Å². The van der Waals surface area contributed by atoms with Gasteiger partial charge in [-0.1, -0.05) is 45.0 Å². The maximum absolute atomic E-state index is 9.32. The quantitative estimate of drug-likeness (QED) is 0.774. The Morgan fingerprint density at radius 3 is 2.12 bits per heavy atom. The van der Waals surface area contributed by atoms with Gasteiger partial charge in [-0.05, 0) is 30.0 Å². The number of aliphatic hydroxyl groups is 1. The molecular formula is C14H23NO. The van der Waals surface area contributed by atoms with Crippen molar-refractivity contribution in [3.8, 4) is 0 Å². The third-order valence-electron chi connectivity index (χ3n) is 2.83. The molecule has 90 valence electrons. The monoisotopic (exact) mass is 221 g/mol. The Hall–Kier alpha value is -0.860. The third-order valence-corrected chi connectivity index (χ3v) is 2.83. The van der Waals surface area contributed by atoms with Crippen LogP contribution >= 0.6 is 0 Å². The van der Waals surface area contributed by atoms with Crippen molar-refractivity contribution in [1.82, 2.24) is 5.32 Å². The molecule has 0 bridgehead atoms. The number of benzene rings is 1. The van der Waals surface area contributed by atoms with E-state index in [9.17, 15) is 5.11 Å². The summed E-state index contributed by atoms with van der Waals surface area (Å²) in [5.74, 6) is 0.560. The van der Waals surface area contributed by atoms with E-state index in [-0.39, 0.29) is 12.6 Å². The summed E-state index contributed by atoms with van der Waals surface area (Å²) >= 11 is 0. The van der Waals surface area contributed by atoms with Gasteiger partial charge < -0.3 is 10.4 Å². The molecule has 1 aromatic carbocycles. The zero-order valence-electron chi connectivity index (χ0n) is 10.5. The molecule has 0 amide bonds. The SMILES string of the molecule is CCCNC(CO)c1ccc(C(C)C)cc1.